The standard InChI is InChI=1S/C15H25ClN2O2/c1-5-15(6-2,10-16)11-17-9-12-14(20-4)13(19-3)7-8-18-12/h7-8,17H,5-6,9-11H2,1-4H3. The van der Waals surface area contributed by atoms with Gasteiger partial charge in [-0.05, 0) is 18.3 Å². The molecule has 0 unspecified atom stereocenters. The summed E-state index contributed by atoms with van der Waals surface area (Å²) < 4.78 is 10.6. The summed E-state index contributed by atoms with van der Waals surface area (Å²) >= 11 is 6.11. The van der Waals surface area contributed by atoms with Crippen molar-refractivity contribution in [3.8, 4) is 11.5 Å². The Kier molecular flexibility index (Phi) is 7.10. The molecule has 4 nitrogen and oxygen atoms in total. The smallest absolute Gasteiger partial charge is 0.183 e. The predicted octanol–water partition coefficient (Wildman–Crippen LogP) is 3.23. The second kappa shape index (κ2) is 8.32. The summed E-state index contributed by atoms with van der Waals surface area (Å²) in [6.07, 6.45) is 3.85. The van der Waals surface area contributed by atoms with Crippen molar-refractivity contribution in [1.82, 2.24) is 10.3 Å². The van der Waals surface area contributed by atoms with E-state index in [4.69, 9.17) is 21.1 Å². The first kappa shape index (κ1) is 17.1. The molecule has 20 heavy (non-hydrogen) atoms. The number of methoxy groups -OCH3 is 2. The van der Waals surface area contributed by atoms with Gasteiger partial charge < -0.3 is 14.8 Å². The van der Waals surface area contributed by atoms with Gasteiger partial charge in [-0.1, -0.05) is 13.8 Å². The maximum absolute atomic E-state index is 6.11. The van der Waals surface area contributed by atoms with Gasteiger partial charge in [-0.25, -0.2) is 0 Å². The third kappa shape index (κ3) is 4.00. The number of alkyl halides is 1. The van der Waals surface area contributed by atoms with E-state index >= 15 is 0 Å². The Morgan fingerprint density at radius 3 is 2.45 bits per heavy atom. The summed E-state index contributed by atoms with van der Waals surface area (Å²) in [5, 5.41) is 3.44. The third-order valence-corrected chi connectivity index (χ3v) is 4.51. The van der Waals surface area contributed by atoms with Gasteiger partial charge in [-0.3, -0.25) is 4.98 Å². The van der Waals surface area contributed by atoms with E-state index < -0.39 is 0 Å². The van der Waals surface area contributed by atoms with Crippen molar-refractivity contribution < 1.29 is 9.47 Å². The van der Waals surface area contributed by atoms with E-state index in [0.29, 0.717) is 23.9 Å². The molecule has 0 radical (unpaired) electrons. The first-order valence-corrected chi connectivity index (χ1v) is 7.52. The van der Waals surface area contributed by atoms with E-state index in [-0.39, 0.29) is 5.41 Å². The molecule has 1 N–H and O–H groups in total. The molecule has 0 spiro atoms. The zero-order chi connectivity index (χ0) is 15.0. The SMILES string of the molecule is CCC(CC)(CCl)CNCc1nccc(OC)c1OC. The normalized spacial score (nSPS) is 11.4. The first-order chi connectivity index (χ1) is 9.66. The van der Waals surface area contributed by atoms with Crippen molar-refractivity contribution in [2.45, 2.75) is 33.2 Å². The zero-order valence-electron chi connectivity index (χ0n) is 12.8. The van der Waals surface area contributed by atoms with Crippen LogP contribution in [0, 0.1) is 5.41 Å². The Bertz CT molecular complexity index is 401. The van der Waals surface area contributed by atoms with Gasteiger partial charge >= 0.3 is 0 Å². The molecular formula is C15H25ClN2O2. The predicted molar refractivity (Wildman–Crippen MR) is 82.8 cm³/mol. The van der Waals surface area contributed by atoms with Crippen molar-refractivity contribution in [3.05, 3.63) is 18.0 Å². The summed E-state index contributed by atoms with van der Waals surface area (Å²) in [4.78, 5) is 4.35. The van der Waals surface area contributed by atoms with Gasteiger partial charge in [0, 0.05) is 31.2 Å². The molecule has 114 valence electrons. The number of halogens is 1. The number of aromatic nitrogens is 1. The Hall–Kier alpha value is -1.00. The molecule has 0 atom stereocenters. The molecule has 5 heteroatoms. The highest BCUT2D eigenvalue weighted by Crippen LogP contribution is 2.30. The van der Waals surface area contributed by atoms with Crippen LogP contribution in [0.5, 0.6) is 11.5 Å². The Balaban J connectivity index is 2.71. The van der Waals surface area contributed by atoms with Gasteiger partial charge in [0.25, 0.3) is 0 Å². The molecule has 0 saturated heterocycles. The quantitative estimate of drug-likeness (QED) is 0.711. The van der Waals surface area contributed by atoms with Crippen molar-refractivity contribution in [3.63, 3.8) is 0 Å². The van der Waals surface area contributed by atoms with E-state index in [2.05, 4.69) is 24.1 Å². The molecule has 1 aromatic rings. The molecule has 1 rings (SSSR count). The molecule has 0 aliphatic rings. The number of rotatable bonds is 9. The van der Waals surface area contributed by atoms with Crippen molar-refractivity contribution in [1.29, 1.82) is 0 Å². The maximum atomic E-state index is 6.11. The van der Waals surface area contributed by atoms with Crippen LogP contribution in [0.3, 0.4) is 0 Å². The molecule has 0 aliphatic carbocycles. The zero-order valence-corrected chi connectivity index (χ0v) is 13.6. The van der Waals surface area contributed by atoms with Gasteiger partial charge in [0.05, 0.1) is 19.9 Å². The van der Waals surface area contributed by atoms with E-state index in [9.17, 15) is 0 Å². The van der Waals surface area contributed by atoms with Gasteiger partial charge in [0.2, 0.25) is 0 Å². The van der Waals surface area contributed by atoms with Crippen molar-refractivity contribution in [2.75, 3.05) is 26.6 Å². The average Bonchev–Trinajstić information content (AvgIpc) is 2.51. The number of nitrogens with one attached hydrogen (secondary N) is 1. The minimum atomic E-state index is 0.146. The maximum Gasteiger partial charge on any atom is 0.183 e. The second-order valence-corrected chi connectivity index (χ2v) is 5.20. The average molecular weight is 301 g/mol. The van der Waals surface area contributed by atoms with Crippen LogP contribution in [0.2, 0.25) is 0 Å². The minimum absolute atomic E-state index is 0.146. The second-order valence-electron chi connectivity index (χ2n) is 4.94. The highest BCUT2D eigenvalue weighted by atomic mass is 35.5. The molecule has 0 aliphatic heterocycles. The van der Waals surface area contributed by atoms with Crippen LogP contribution < -0.4 is 14.8 Å². The Morgan fingerprint density at radius 1 is 1.25 bits per heavy atom. The van der Waals surface area contributed by atoms with Crippen LogP contribution in [0.4, 0.5) is 0 Å². The number of nitrogens with zero attached hydrogens (tertiary/aromatic N) is 1. The summed E-state index contributed by atoms with van der Waals surface area (Å²) in [7, 11) is 3.26. The van der Waals surface area contributed by atoms with Crippen LogP contribution in [0.1, 0.15) is 32.4 Å². The van der Waals surface area contributed by atoms with Crippen LogP contribution in [-0.4, -0.2) is 31.6 Å². The Morgan fingerprint density at radius 2 is 1.95 bits per heavy atom. The molecular weight excluding hydrogens is 276 g/mol. The molecule has 0 saturated carbocycles. The molecule has 0 fully saturated rings. The topological polar surface area (TPSA) is 43.4 Å². The van der Waals surface area contributed by atoms with Gasteiger partial charge in [0.15, 0.2) is 11.5 Å². The number of ether oxygens (including phenoxy) is 2. The third-order valence-electron chi connectivity index (χ3n) is 3.94. The van der Waals surface area contributed by atoms with Crippen molar-refractivity contribution >= 4 is 11.6 Å². The van der Waals surface area contributed by atoms with E-state index in [1.807, 2.05) is 0 Å². The fraction of sp³-hybridized carbons (Fsp3) is 0.667. The fourth-order valence-electron chi connectivity index (χ4n) is 2.16. The fourth-order valence-corrected chi connectivity index (χ4v) is 2.63. The lowest BCUT2D eigenvalue weighted by Crippen LogP contribution is -2.35. The lowest BCUT2D eigenvalue weighted by Gasteiger charge is -2.29. The van der Waals surface area contributed by atoms with Gasteiger partial charge in [-0.15, -0.1) is 11.6 Å². The van der Waals surface area contributed by atoms with E-state index in [0.717, 1.165) is 25.1 Å². The van der Waals surface area contributed by atoms with Gasteiger partial charge in [0.1, 0.15) is 0 Å². The summed E-state index contributed by atoms with van der Waals surface area (Å²) in [5.41, 5.74) is 0.996. The van der Waals surface area contributed by atoms with Crippen LogP contribution >= 0.6 is 11.6 Å². The molecule has 1 heterocycles. The lowest BCUT2D eigenvalue weighted by atomic mass is 9.84. The summed E-state index contributed by atoms with van der Waals surface area (Å²) in [6.45, 7) is 5.86. The lowest BCUT2D eigenvalue weighted by molar-refractivity contribution is 0.284. The minimum Gasteiger partial charge on any atom is -0.493 e. The van der Waals surface area contributed by atoms with Gasteiger partial charge in [-0.2, -0.15) is 0 Å². The number of hydrogen-bond donors (Lipinski definition) is 1. The summed E-state index contributed by atoms with van der Waals surface area (Å²) in [5.74, 6) is 2.05. The largest absolute Gasteiger partial charge is 0.493 e. The van der Waals surface area contributed by atoms with Crippen LogP contribution in [0.15, 0.2) is 12.3 Å². The number of hydrogen-bond acceptors (Lipinski definition) is 4. The molecule has 1 aromatic heterocycles. The first-order valence-electron chi connectivity index (χ1n) is 6.98. The highest BCUT2D eigenvalue weighted by Gasteiger charge is 2.24. The van der Waals surface area contributed by atoms with Crippen LogP contribution in [-0.2, 0) is 6.54 Å². The summed E-state index contributed by atoms with van der Waals surface area (Å²) in [6, 6.07) is 1.80. The Labute approximate surface area is 126 Å². The highest BCUT2D eigenvalue weighted by molar-refractivity contribution is 6.18. The molecule has 0 amide bonds. The van der Waals surface area contributed by atoms with Crippen LogP contribution in [0.25, 0.3) is 0 Å². The van der Waals surface area contributed by atoms with Crippen molar-refractivity contribution in [2.24, 2.45) is 5.41 Å². The molecule has 0 bridgehead atoms. The molecule has 0 aromatic carbocycles. The monoisotopic (exact) mass is 300 g/mol. The number of pyridine rings is 1. The van der Waals surface area contributed by atoms with E-state index in [1.54, 1.807) is 26.5 Å². The van der Waals surface area contributed by atoms with E-state index in [1.165, 1.54) is 0 Å².